The highest BCUT2D eigenvalue weighted by molar-refractivity contribution is 9.10. The van der Waals surface area contributed by atoms with E-state index in [0.717, 1.165) is 35.7 Å². The minimum absolute atomic E-state index is 0.0540. The van der Waals surface area contributed by atoms with Gasteiger partial charge >= 0.3 is 0 Å². The van der Waals surface area contributed by atoms with E-state index >= 15 is 0 Å². The Morgan fingerprint density at radius 1 is 1.07 bits per heavy atom. The van der Waals surface area contributed by atoms with Crippen LogP contribution in [0.1, 0.15) is 44.1 Å². The molecule has 30 heavy (non-hydrogen) atoms. The molecule has 0 fully saturated rings. The summed E-state index contributed by atoms with van der Waals surface area (Å²) in [5, 5.41) is 16.3. The molecule has 0 aliphatic carbocycles. The number of aromatic hydroxyl groups is 1. The van der Waals surface area contributed by atoms with E-state index in [4.69, 9.17) is 4.74 Å². The minimum atomic E-state index is -0.150. The van der Waals surface area contributed by atoms with Crippen molar-refractivity contribution in [3.05, 3.63) is 52.5 Å². The lowest BCUT2D eigenvalue weighted by molar-refractivity contribution is -0.121. The number of carbonyl (C=O) groups is 2. The van der Waals surface area contributed by atoms with Crippen LogP contribution in [0.3, 0.4) is 0 Å². The Morgan fingerprint density at radius 3 is 2.47 bits per heavy atom. The topological polar surface area (TPSA) is 100 Å². The van der Waals surface area contributed by atoms with Crippen molar-refractivity contribution in [3.8, 4) is 11.5 Å². The van der Waals surface area contributed by atoms with Crippen LogP contribution in [0.25, 0.3) is 0 Å². The van der Waals surface area contributed by atoms with Gasteiger partial charge in [-0.15, -0.1) is 0 Å². The van der Waals surface area contributed by atoms with E-state index in [-0.39, 0.29) is 17.6 Å². The third-order valence-corrected chi connectivity index (χ3v) is 5.05. The number of phenolic OH excluding ortho intramolecular Hbond substituents is 1. The van der Waals surface area contributed by atoms with Crippen molar-refractivity contribution in [3.63, 3.8) is 0 Å². The average Bonchev–Trinajstić information content (AvgIpc) is 2.73. The summed E-state index contributed by atoms with van der Waals surface area (Å²) in [4.78, 5) is 23.8. The smallest absolute Gasteiger partial charge is 0.240 e. The zero-order valence-corrected chi connectivity index (χ0v) is 18.4. The molecule has 2 aromatic rings. The molecule has 7 nitrogen and oxygen atoms in total. The molecule has 0 unspecified atom stereocenters. The first kappa shape index (κ1) is 23.4. The number of ether oxygens (including phenoxy) is 1. The number of anilines is 1. The van der Waals surface area contributed by atoms with Crippen molar-refractivity contribution in [1.29, 1.82) is 0 Å². The van der Waals surface area contributed by atoms with Crippen molar-refractivity contribution in [1.82, 2.24) is 5.43 Å². The number of rotatable bonds is 11. The van der Waals surface area contributed by atoms with Gasteiger partial charge in [0.25, 0.3) is 0 Å². The molecule has 2 aromatic carbocycles. The van der Waals surface area contributed by atoms with Crippen LogP contribution in [0, 0.1) is 0 Å². The number of halogens is 1. The molecule has 0 bridgehead atoms. The Labute approximate surface area is 184 Å². The molecule has 0 heterocycles. The van der Waals surface area contributed by atoms with Crippen molar-refractivity contribution in [2.75, 3.05) is 12.4 Å². The molecule has 0 saturated heterocycles. The molecule has 0 saturated carbocycles. The summed E-state index contributed by atoms with van der Waals surface area (Å²) in [7, 11) is 1.59. The second-order valence-electron chi connectivity index (χ2n) is 6.66. The number of phenols is 1. The van der Waals surface area contributed by atoms with Gasteiger partial charge in [0, 0.05) is 22.9 Å². The lowest BCUT2D eigenvalue weighted by Crippen LogP contribution is -2.17. The van der Waals surface area contributed by atoms with Crippen molar-refractivity contribution in [2.45, 2.75) is 38.5 Å². The van der Waals surface area contributed by atoms with Crippen LogP contribution < -0.4 is 15.5 Å². The molecule has 8 heteroatoms. The van der Waals surface area contributed by atoms with E-state index in [1.807, 2.05) is 18.2 Å². The Balaban J connectivity index is 1.58. The molecule has 0 atom stereocenters. The van der Waals surface area contributed by atoms with Gasteiger partial charge in [0.2, 0.25) is 11.8 Å². The molecule has 0 radical (unpaired) electrons. The minimum Gasteiger partial charge on any atom is -0.506 e. The second-order valence-corrected chi connectivity index (χ2v) is 7.51. The zero-order valence-electron chi connectivity index (χ0n) is 16.9. The quantitative estimate of drug-likeness (QED) is 0.191. The summed E-state index contributed by atoms with van der Waals surface area (Å²) in [6, 6.07) is 12.1. The largest absolute Gasteiger partial charge is 0.506 e. The first-order valence-electron chi connectivity index (χ1n) is 9.73. The van der Waals surface area contributed by atoms with E-state index in [0.29, 0.717) is 24.3 Å². The lowest BCUT2D eigenvalue weighted by Gasteiger charge is -2.06. The first-order chi connectivity index (χ1) is 14.5. The summed E-state index contributed by atoms with van der Waals surface area (Å²) in [6.45, 7) is 0. The number of unbranched alkanes of at least 4 members (excludes halogenated alkanes) is 3. The standard InChI is InChI=1S/C22H26BrN3O4/c1-30-17-12-13-18(23)16(14-17)15-24-26-22(29)11-5-3-2-4-10-21(28)25-19-8-6-7-9-20(19)27/h6-9,12-15,27H,2-5,10-11H2,1H3,(H,25,28)(H,26,29)/b24-15+. The Kier molecular flexibility index (Phi) is 9.86. The number of methoxy groups -OCH3 is 1. The highest BCUT2D eigenvalue weighted by atomic mass is 79.9. The van der Waals surface area contributed by atoms with Crippen LogP contribution in [0.5, 0.6) is 11.5 Å². The highest BCUT2D eigenvalue weighted by Crippen LogP contribution is 2.22. The van der Waals surface area contributed by atoms with Gasteiger partial charge in [-0.05, 0) is 43.2 Å². The van der Waals surface area contributed by atoms with Crippen LogP contribution in [-0.2, 0) is 9.59 Å². The van der Waals surface area contributed by atoms with Crippen LogP contribution in [-0.4, -0.2) is 30.2 Å². The molecule has 0 aliphatic rings. The highest BCUT2D eigenvalue weighted by Gasteiger charge is 2.06. The summed E-state index contributed by atoms with van der Waals surface area (Å²) < 4.78 is 6.02. The van der Waals surface area contributed by atoms with E-state index < -0.39 is 0 Å². The fraction of sp³-hybridized carbons (Fsp3) is 0.318. The first-order valence-corrected chi connectivity index (χ1v) is 10.5. The van der Waals surface area contributed by atoms with E-state index in [9.17, 15) is 14.7 Å². The van der Waals surface area contributed by atoms with E-state index in [2.05, 4.69) is 31.8 Å². The molecule has 2 amide bonds. The second kappa shape index (κ2) is 12.6. The maximum absolute atomic E-state index is 11.9. The van der Waals surface area contributed by atoms with Crippen molar-refractivity contribution >= 4 is 39.6 Å². The normalized spacial score (nSPS) is 10.7. The summed E-state index contributed by atoms with van der Waals surface area (Å²) in [5.41, 5.74) is 3.74. The van der Waals surface area contributed by atoms with Gasteiger partial charge in [-0.2, -0.15) is 5.10 Å². The number of hydrogen-bond donors (Lipinski definition) is 3. The monoisotopic (exact) mass is 475 g/mol. The van der Waals surface area contributed by atoms with Gasteiger partial charge in [-0.3, -0.25) is 9.59 Å². The predicted octanol–water partition coefficient (Wildman–Crippen LogP) is 4.59. The number of para-hydroxylation sites is 2. The number of nitrogens with zero attached hydrogens (tertiary/aromatic N) is 1. The van der Waals surface area contributed by atoms with Crippen molar-refractivity contribution < 1.29 is 19.4 Å². The van der Waals surface area contributed by atoms with E-state index in [1.165, 1.54) is 6.07 Å². The Bertz CT molecular complexity index is 886. The predicted molar refractivity (Wildman–Crippen MR) is 121 cm³/mol. The Hall–Kier alpha value is -2.87. The SMILES string of the molecule is COc1ccc(Br)c(/C=N/NC(=O)CCCCCCC(=O)Nc2ccccc2O)c1. The van der Waals surface area contributed by atoms with Crippen LogP contribution >= 0.6 is 15.9 Å². The fourth-order valence-electron chi connectivity index (χ4n) is 2.69. The van der Waals surface area contributed by atoms with Gasteiger partial charge in [-0.25, -0.2) is 5.43 Å². The van der Waals surface area contributed by atoms with E-state index in [1.54, 1.807) is 31.5 Å². The molecule has 160 valence electrons. The molecule has 0 aliphatic heterocycles. The third kappa shape index (κ3) is 8.24. The van der Waals surface area contributed by atoms with Gasteiger partial charge in [0.15, 0.2) is 0 Å². The average molecular weight is 476 g/mol. The summed E-state index contributed by atoms with van der Waals surface area (Å²) in [6.07, 6.45) is 5.47. The van der Waals surface area contributed by atoms with Crippen molar-refractivity contribution in [2.24, 2.45) is 5.10 Å². The Morgan fingerprint density at radius 2 is 1.77 bits per heavy atom. The number of carbonyl (C=O) groups excluding carboxylic acids is 2. The molecule has 2 rings (SSSR count). The number of benzene rings is 2. The summed E-state index contributed by atoms with van der Waals surface area (Å²) >= 11 is 3.42. The van der Waals surface area contributed by atoms with Gasteiger partial charge < -0.3 is 15.2 Å². The molecular formula is C22H26BrN3O4. The third-order valence-electron chi connectivity index (χ3n) is 4.33. The molecule has 0 spiro atoms. The molecule has 0 aromatic heterocycles. The fourth-order valence-corrected chi connectivity index (χ4v) is 3.04. The number of amides is 2. The van der Waals surface area contributed by atoms with Gasteiger partial charge in [-0.1, -0.05) is 40.9 Å². The van der Waals surface area contributed by atoms with Gasteiger partial charge in [0.05, 0.1) is 19.0 Å². The van der Waals surface area contributed by atoms with Crippen LogP contribution in [0.15, 0.2) is 52.0 Å². The maximum Gasteiger partial charge on any atom is 0.240 e. The van der Waals surface area contributed by atoms with Gasteiger partial charge in [0.1, 0.15) is 11.5 Å². The lowest BCUT2D eigenvalue weighted by atomic mass is 10.1. The van der Waals surface area contributed by atoms with Crippen LogP contribution in [0.2, 0.25) is 0 Å². The van der Waals surface area contributed by atoms with Crippen LogP contribution in [0.4, 0.5) is 5.69 Å². The maximum atomic E-state index is 11.9. The molecular weight excluding hydrogens is 450 g/mol. The number of hydrazone groups is 1. The zero-order chi connectivity index (χ0) is 21.8. The summed E-state index contributed by atoms with van der Waals surface area (Å²) in [5.74, 6) is 0.480. The number of nitrogens with one attached hydrogen (secondary N) is 2. The number of hydrogen-bond acceptors (Lipinski definition) is 5. The molecule has 3 N–H and O–H groups in total.